The lowest BCUT2D eigenvalue weighted by atomic mass is 9.88. The number of nitrogens with one attached hydrogen (secondary N) is 2. The van der Waals surface area contributed by atoms with Gasteiger partial charge in [0, 0.05) is 6.04 Å². The molecule has 3 rings (SSSR count). The predicted molar refractivity (Wildman–Crippen MR) is 73.6 cm³/mol. The first-order chi connectivity index (χ1) is 8.95. The summed E-state index contributed by atoms with van der Waals surface area (Å²) in [4.78, 5) is 0. The number of piperidine rings is 1. The van der Waals surface area contributed by atoms with Gasteiger partial charge < -0.3 is 5.32 Å². The van der Waals surface area contributed by atoms with Crippen LogP contribution in [-0.2, 0) is 0 Å². The lowest BCUT2D eigenvalue weighted by Gasteiger charge is -2.25. The molecule has 0 bridgehead atoms. The smallest absolute Gasteiger partial charge is 0.0556 e. The maximum atomic E-state index is 4.34. The van der Waals surface area contributed by atoms with Crippen LogP contribution in [0.2, 0.25) is 0 Å². The van der Waals surface area contributed by atoms with Crippen LogP contribution in [0.3, 0.4) is 0 Å². The van der Waals surface area contributed by atoms with Gasteiger partial charge in [-0.2, -0.15) is 5.10 Å². The minimum atomic E-state index is 0.527. The molecule has 0 amide bonds. The highest BCUT2D eigenvalue weighted by Gasteiger charge is 2.24. The highest BCUT2D eigenvalue weighted by Crippen LogP contribution is 2.35. The molecule has 1 aromatic rings. The SMILES string of the molecule is c1n[nH]c(C2CCCCN2)c1C1CCCCCC1. The van der Waals surface area contributed by atoms with Crippen molar-refractivity contribution in [3.8, 4) is 0 Å². The molecule has 2 heterocycles. The van der Waals surface area contributed by atoms with E-state index in [-0.39, 0.29) is 0 Å². The van der Waals surface area contributed by atoms with Crippen LogP contribution in [0.15, 0.2) is 6.20 Å². The van der Waals surface area contributed by atoms with Crippen molar-refractivity contribution in [2.24, 2.45) is 0 Å². The van der Waals surface area contributed by atoms with Crippen LogP contribution in [0.4, 0.5) is 0 Å². The summed E-state index contributed by atoms with van der Waals surface area (Å²) in [5.41, 5.74) is 2.90. The molecule has 2 N–H and O–H groups in total. The molecule has 18 heavy (non-hydrogen) atoms. The van der Waals surface area contributed by atoms with Gasteiger partial charge in [0.1, 0.15) is 0 Å². The number of H-pyrrole nitrogens is 1. The fraction of sp³-hybridized carbons (Fsp3) is 0.800. The monoisotopic (exact) mass is 247 g/mol. The van der Waals surface area contributed by atoms with E-state index in [2.05, 4.69) is 21.7 Å². The maximum Gasteiger partial charge on any atom is 0.0556 e. The summed E-state index contributed by atoms with van der Waals surface area (Å²) in [6.45, 7) is 1.16. The second kappa shape index (κ2) is 5.87. The third-order valence-electron chi connectivity index (χ3n) is 4.65. The Balaban J connectivity index is 1.76. The topological polar surface area (TPSA) is 40.7 Å². The van der Waals surface area contributed by atoms with E-state index in [1.165, 1.54) is 69.0 Å². The Kier molecular flexibility index (Phi) is 3.99. The van der Waals surface area contributed by atoms with Crippen LogP contribution < -0.4 is 5.32 Å². The molecular formula is C15H25N3. The number of nitrogens with zero attached hydrogens (tertiary/aromatic N) is 1. The molecule has 2 fully saturated rings. The first kappa shape index (κ1) is 12.2. The Morgan fingerprint density at radius 3 is 2.44 bits per heavy atom. The van der Waals surface area contributed by atoms with E-state index in [0.29, 0.717) is 6.04 Å². The Bertz CT molecular complexity index is 358. The van der Waals surface area contributed by atoms with Crippen molar-refractivity contribution in [1.29, 1.82) is 0 Å². The van der Waals surface area contributed by atoms with Crippen LogP contribution >= 0.6 is 0 Å². The Morgan fingerprint density at radius 2 is 1.72 bits per heavy atom. The quantitative estimate of drug-likeness (QED) is 0.783. The van der Waals surface area contributed by atoms with Gasteiger partial charge in [-0.25, -0.2) is 0 Å². The van der Waals surface area contributed by atoms with Crippen LogP contribution in [0.25, 0.3) is 0 Å². The van der Waals surface area contributed by atoms with E-state index in [1.807, 2.05) is 0 Å². The van der Waals surface area contributed by atoms with E-state index in [1.54, 1.807) is 0 Å². The predicted octanol–water partition coefficient (Wildman–Crippen LogP) is 3.66. The van der Waals surface area contributed by atoms with Gasteiger partial charge in [0.05, 0.1) is 11.9 Å². The molecule has 1 aliphatic heterocycles. The minimum Gasteiger partial charge on any atom is -0.309 e. The zero-order valence-electron chi connectivity index (χ0n) is 11.3. The number of rotatable bonds is 2. The summed E-state index contributed by atoms with van der Waals surface area (Å²) < 4.78 is 0. The molecule has 1 aliphatic carbocycles. The van der Waals surface area contributed by atoms with Crippen molar-refractivity contribution in [2.75, 3.05) is 6.54 Å². The third-order valence-corrected chi connectivity index (χ3v) is 4.65. The lowest BCUT2D eigenvalue weighted by Crippen LogP contribution is -2.28. The molecule has 0 aromatic carbocycles. The van der Waals surface area contributed by atoms with Gasteiger partial charge in [0.2, 0.25) is 0 Å². The van der Waals surface area contributed by atoms with Crippen molar-refractivity contribution in [3.63, 3.8) is 0 Å². The first-order valence-electron chi connectivity index (χ1n) is 7.71. The molecule has 1 aromatic heterocycles. The maximum absolute atomic E-state index is 4.34. The van der Waals surface area contributed by atoms with Crippen LogP contribution in [0.5, 0.6) is 0 Å². The summed E-state index contributed by atoms with van der Waals surface area (Å²) in [5, 5.41) is 11.3. The van der Waals surface area contributed by atoms with Crippen molar-refractivity contribution in [2.45, 2.75) is 69.7 Å². The van der Waals surface area contributed by atoms with Crippen molar-refractivity contribution in [1.82, 2.24) is 15.5 Å². The summed E-state index contributed by atoms with van der Waals surface area (Å²) in [5.74, 6) is 0.755. The Labute approximate surface area is 110 Å². The largest absolute Gasteiger partial charge is 0.309 e. The van der Waals surface area contributed by atoms with E-state index < -0.39 is 0 Å². The molecule has 3 heteroatoms. The molecular weight excluding hydrogens is 222 g/mol. The molecule has 1 saturated heterocycles. The van der Waals surface area contributed by atoms with E-state index in [4.69, 9.17) is 0 Å². The molecule has 1 atom stereocenters. The number of aromatic nitrogens is 2. The van der Waals surface area contributed by atoms with Gasteiger partial charge in [-0.1, -0.05) is 32.1 Å². The second-order valence-electron chi connectivity index (χ2n) is 5.93. The normalized spacial score (nSPS) is 27.0. The summed E-state index contributed by atoms with van der Waals surface area (Å²) >= 11 is 0. The van der Waals surface area contributed by atoms with E-state index in [9.17, 15) is 0 Å². The van der Waals surface area contributed by atoms with Crippen molar-refractivity contribution in [3.05, 3.63) is 17.5 Å². The highest BCUT2D eigenvalue weighted by molar-refractivity contribution is 5.25. The molecule has 1 unspecified atom stereocenters. The summed E-state index contributed by atoms with van der Waals surface area (Å²) in [6, 6.07) is 0.527. The Morgan fingerprint density at radius 1 is 0.944 bits per heavy atom. The van der Waals surface area contributed by atoms with Gasteiger partial charge in [-0.15, -0.1) is 0 Å². The van der Waals surface area contributed by atoms with E-state index >= 15 is 0 Å². The first-order valence-corrected chi connectivity index (χ1v) is 7.71. The average Bonchev–Trinajstić information content (AvgIpc) is 2.75. The van der Waals surface area contributed by atoms with Gasteiger partial charge >= 0.3 is 0 Å². The van der Waals surface area contributed by atoms with Crippen molar-refractivity contribution < 1.29 is 0 Å². The lowest BCUT2D eigenvalue weighted by molar-refractivity contribution is 0.400. The third kappa shape index (κ3) is 2.61. The fourth-order valence-electron chi connectivity index (χ4n) is 3.60. The molecule has 3 nitrogen and oxygen atoms in total. The number of hydrogen-bond donors (Lipinski definition) is 2. The van der Waals surface area contributed by atoms with Crippen LogP contribution in [0, 0.1) is 0 Å². The zero-order valence-corrected chi connectivity index (χ0v) is 11.3. The fourth-order valence-corrected chi connectivity index (χ4v) is 3.60. The van der Waals surface area contributed by atoms with Gasteiger partial charge in [0.25, 0.3) is 0 Å². The minimum absolute atomic E-state index is 0.527. The molecule has 0 radical (unpaired) electrons. The summed E-state index contributed by atoms with van der Waals surface area (Å²) in [7, 11) is 0. The highest BCUT2D eigenvalue weighted by atomic mass is 15.1. The van der Waals surface area contributed by atoms with E-state index in [0.717, 1.165) is 12.5 Å². The van der Waals surface area contributed by atoms with Crippen LogP contribution in [-0.4, -0.2) is 16.7 Å². The van der Waals surface area contributed by atoms with Crippen molar-refractivity contribution >= 4 is 0 Å². The van der Waals surface area contributed by atoms with Crippen LogP contribution in [0.1, 0.15) is 81.0 Å². The number of hydrogen-bond acceptors (Lipinski definition) is 2. The van der Waals surface area contributed by atoms with Gasteiger partial charge in [-0.3, -0.25) is 5.10 Å². The average molecular weight is 247 g/mol. The molecule has 100 valence electrons. The molecule has 2 aliphatic rings. The molecule has 1 saturated carbocycles. The van der Waals surface area contributed by atoms with Gasteiger partial charge in [0.15, 0.2) is 0 Å². The standard InChI is InChI=1S/C15H25N3/c1-2-4-8-12(7-3-1)13-11-17-18-15(13)14-9-5-6-10-16-14/h11-12,14,16H,1-10H2,(H,17,18). The molecule has 0 spiro atoms. The number of aromatic amines is 1. The Hall–Kier alpha value is -0.830. The zero-order chi connectivity index (χ0) is 12.2. The second-order valence-corrected chi connectivity index (χ2v) is 5.93. The summed E-state index contributed by atoms with van der Waals surface area (Å²) in [6.07, 6.45) is 14.4. The van der Waals surface area contributed by atoms with Gasteiger partial charge in [-0.05, 0) is 43.7 Å².